The number of benzene rings is 1. The SMILES string of the molecule is Cc1sc2ncn(CCC(=O)NCCOc3ccc(Cl)cc3)c(=O)c2c1C. The van der Waals surface area contributed by atoms with Crippen molar-refractivity contribution in [3.05, 3.63) is 56.4 Å². The van der Waals surface area contributed by atoms with Gasteiger partial charge in [0.25, 0.3) is 5.56 Å². The van der Waals surface area contributed by atoms with Crippen molar-refractivity contribution in [1.82, 2.24) is 14.9 Å². The van der Waals surface area contributed by atoms with E-state index in [1.165, 1.54) is 22.2 Å². The Morgan fingerprint density at radius 1 is 1.30 bits per heavy atom. The van der Waals surface area contributed by atoms with E-state index in [0.717, 1.165) is 15.3 Å². The average Bonchev–Trinajstić information content (AvgIpc) is 2.94. The van der Waals surface area contributed by atoms with Gasteiger partial charge in [0.15, 0.2) is 0 Å². The van der Waals surface area contributed by atoms with Crippen molar-refractivity contribution in [2.75, 3.05) is 13.2 Å². The van der Waals surface area contributed by atoms with Gasteiger partial charge in [0, 0.05) is 22.9 Å². The number of rotatable bonds is 7. The summed E-state index contributed by atoms with van der Waals surface area (Å²) in [5.74, 6) is 0.556. The molecule has 0 radical (unpaired) electrons. The monoisotopic (exact) mass is 405 g/mol. The number of halogens is 1. The van der Waals surface area contributed by atoms with E-state index in [0.29, 0.717) is 35.9 Å². The van der Waals surface area contributed by atoms with E-state index in [4.69, 9.17) is 16.3 Å². The molecule has 3 rings (SSSR count). The lowest BCUT2D eigenvalue weighted by Crippen LogP contribution is -2.30. The number of hydrogen-bond acceptors (Lipinski definition) is 5. The third-order valence-electron chi connectivity index (χ3n) is 4.24. The predicted octanol–water partition coefficient (Wildman–Crippen LogP) is 3.31. The third-order valence-corrected chi connectivity index (χ3v) is 5.61. The van der Waals surface area contributed by atoms with Crippen molar-refractivity contribution in [1.29, 1.82) is 0 Å². The molecule has 8 heteroatoms. The Morgan fingerprint density at radius 3 is 2.78 bits per heavy atom. The summed E-state index contributed by atoms with van der Waals surface area (Å²) in [4.78, 5) is 30.8. The molecule has 142 valence electrons. The predicted molar refractivity (Wildman–Crippen MR) is 108 cm³/mol. The van der Waals surface area contributed by atoms with Crippen LogP contribution in [0.4, 0.5) is 0 Å². The number of nitrogens with one attached hydrogen (secondary N) is 1. The Hall–Kier alpha value is -2.38. The number of aryl methyl sites for hydroxylation is 3. The Bertz CT molecular complexity index is 1010. The van der Waals surface area contributed by atoms with E-state index < -0.39 is 0 Å². The molecule has 2 aromatic heterocycles. The summed E-state index contributed by atoms with van der Waals surface area (Å²) < 4.78 is 7.01. The van der Waals surface area contributed by atoms with Crippen LogP contribution in [0.15, 0.2) is 35.4 Å². The Morgan fingerprint density at radius 2 is 2.04 bits per heavy atom. The molecule has 6 nitrogen and oxygen atoms in total. The van der Waals surface area contributed by atoms with Gasteiger partial charge in [-0.1, -0.05) is 11.6 Å². The van der Waals surface area contributed by atoms with Gasteiger partial charge >= 0.3 is 0 Å². The second-order valence-electron chi connectivity index (χ2n) is 6.11. The fourth-order valence-corrected chi connectivity index (χ4v) is 3.74. The number of carbonyl (C=O) groups excluding carboxylic acids is 1. The number of thiophene rings is 1. The maximum Gasteiger partial charge on any atom is 0.262 e. The number of aromatic nitrogens is 2. The van der Waals surface area contributed by atoms with E-state index in [9.17, 15) is 9.59 Å². The van der Waals surface area contributed by atoms with Gasteiger partial charge < -0.3 is 10.1 Å². The Labute approximate surface area is 165 Å². The first-order chi connectivity index (χ1) is 13.0. The normalized spacial score (nSPS) is 10.9. The highest BCUT2D eigenvalue weighted by molar-refractivity contribution is 7.18. The maximum atomic E-state index is 12.6. The zero-order valence-electron chi connectivity index (χ0n) is 15.1. The van der Waals surface area contributed by atoms with Crippen LogP contribution < -0.4 is 15.6 Å². The molecule has 1 amide bonds. The summed E-state index contributed by atoms with van der Waals surface area (Å²) in [5.41, 5.74) is 0.867. The number of fused-ring (bicyclic) bond motifs is 1. The minimum absolute atomic E-state index is 0.0966. The molecule has 0 unspecified atom stereocenters. The van der Waals surface area contributed by atoms with Gasteiger partial charge in [0.1, 0.15) is 17.2 Å². The van der Waals surface area contributed by atoms with Crippen molar-refractivity contribution in [3.8, 4) is 5.75 Å². The van der Waals surface area contributed by atoms with Crippen molar-refractivity contribution in [3.63, 3.8) is 0 Å². The topological polar surface area (TPSA) is 73.2 Å². The van der Waals surface area contributed by atoms with Gasteiger partial charge in [-0.3, -0.25) is 14.2 Å². The van der Waals surface area contributed by atoms with Crippen molar-refractivity contribution >= 4 is 39.1 Å². The zero-order chi connectivity index (χ0) is 19.4. The van der Waals surface area contributed by atoms with E-state index in [-0.39, 0.29) is 17.9 Å². The van der Waals surface area contributed by atoms with Gasteiger partial charge in [0.2, 0.25) is 5.91 Å². The molecule has 27 heavy (non-hydrogen) atoms. The molecule has 2 heterocycles. The highest BCUT2D eigenvalue weighted by Gasteiger charge is 2.12. The molecule has 0 spiro atoms. The van der Waals surface area contributed by atoms with E-state index in [2.05, 4.69) is 10.3 Å². The zero-order valence-corrected chi connectivity index (χ0v) is 16.7. The molecule has 0 aliphatic heterocycles. The number of nitrogens with zero attached hydrogens (tertiary/aromatic N) is 2. The van der Waals surface area contributed by atoms with Crippen LogP contribution in [0.3, 0.4) is 0 Å². The highest BCUT2D eigenvalue weighted by Crippen LogP contribution is 2.25. The summed E-state index contributed by atoms with van der Waals surface area (Å²) >= 11 is 7.33. The maximum absolute atomic E-state index is 12.6. The van der Waals surface area contributed by atoms with Crippen LogP contribution in [-0.2, 0) is 11.3 Å². The summed E-state index contributed by atoms with van der Waals surface area (Å²) in [7, 11) is 0. The third kappa shape index (κ3) is 4.67. The molecule has 0 fully saturated rings. The lowest BCUT2D eigenvalue weighted by Gasteiger charge is -2.09. The fourth-order valence-electron chi connectivity index (χ4n) is 2.63. The van der Waals surface area contributed by atoms with E-state index in [1.54, 1.807) is 24.3 Å². The van der Waals surface area contributed by atoms with Gasteiger partial charge in [-0.25, -0.2) is 4.98 Å². The number of hydrogen-bond donors (Lipinski definition) is 1. The summed E-state index contributed by atoms with van der Waals surface area (Å²) in [6.45, 7) is 4.94. The fraction of sp³-hybridized carbons (Fsp3) is 0.316. The first kappa shape index (κ1) is 19.4. The molecule has 0 aliphatic rings. The number of ether oxygens (including phenoxy) is 1. The Balaban J connectivity index is 1.48. The molecule has 0 saturated carbocycles. The highest BCUT2D eigenvalue weighted by atomic mass is 35.5. The average molecular weight is 406 g/mol. The van der Waals surface area contributed by atoms with Crippen LogP contribution in [-0.4, -0.2) is 28.6 Å². The largest absolute Gasteiger partial charge is 0.492 e. The van der Waals surface area contributed by atoms with Gasteiger partial charge in [-0.2, -0.15) is 0 Å². The van der Waals surface area contributed by atoms with Crippen molar-refractivity contribution in [2.24, 2.45) is 0 Å². The first-order valence-corrected chi connectivity index (χ1v) is 9.75. The van der Waals surface area contributed by atoms with Gasteiger partial charge in [-0.05, 0) is 43.7 Å². The molecule has 0 bridgehead atoms. The molecule has 0 atom stereocenters. The van der Waals surface area contributed by atoms with Crippen molar-refractivity contribution < 1.29 is 9.53 Å². The lowest BCUT2D eigenvalue weighted by molar-refractivity contribution is -0.121. The molecule has 1 aromatic carbocycles. The van der Waals surface area contributed by atoms with Crippen molar-refractivity contribution in [2.45, 2.75) is 26.8 Å². The van der Waals surface area contributed by atoms with E-state index >= 15 is 0 Å². The quantitative estimate of drug-likeness (QED) is 0.612. The Kier molecular flexibility index (Phi) is 6.13. The second-order valence-corrected chi connectivity index (χ2v) is 7.75. The smallest absolute Gasteiger partial charge is 0.262 e. The van der Waals surface area contributed by atoms with Gasteiger partial charge in [0.05, 0.1) is 18.3 Å². The summed E-state index contributed by atoms with van der Waals surface area (Å²) in [5, 5.41) is 4.08. The van der Waals surface area contributed by atoms with Crippen LogP contribution in [0.5, 0.6) is 5.75 Å². The molecule has 0 aliphatic carbocycles. The molecule has 3 aromatic rings. The molecule has 0 saturated heterocycles. The second kappa shape index (κ2) is 8.54. The van der Waals surface area contributed by atoms with Crippen LogP contribution in [0.25, 0.3) is 10.2 Å². The number of amides is 1. The standard InChI is InChI=1S/C19H20ClN3O3S/c1-12-13(2)27-18-17(12)19(25)23(11-22-18)9-7-16(24)21-8-10-26-15-5-3-14(20)4-6-15/h3-6,11H,7-10H2,1-2H3,(H,21,24). The lowest BCUT2D eigenvalue weighted by atomic mass is 10.2. The van der Waals surface area contributed by atoms with Crippen LogP contribution in [0.1, 0.15) is 16.9 Å². The van der Waals surface area contributed by atoms with Crippen LogP contribution in [0.2, 0.25) is 5.02 Å². The minimum atomic E-state index is -0.139. The molecule has 1 N–H and O–H groups in total. The summed E-state index contributed by atoms with van der Waals surface area (Å²) in [6.07, 6.45) is 1.72. The van der Waals surface area contributed by atoms with E-state index in [1.807, 2.05) is 13.8 Å². The van der Waals surface area contributed by atoms with Gasteiger partial charge in [-0.15, -0.1) is 11.3 Å². The van der Waals surface area contributed by atoms with Crippen LogP contribution in [0, 0.1) is 13.8 Å². The number of carbonyl (C=O) groups is 1. The first-order valence-electron chi connectivity index (χ1n) is 8.56. The molecular weight excluding hydrogens is 386 g/mol. The molecular formula is C19H20ClN3O3S. The minimum Gasteiger partial charge on any atom is -0.492 e. The van der Waals surface area contributed by atoms with Crippen LogP contribution >= 0.6 is 22.9 Å². The summed E-state index contributed by atoms with van der Waals surface area (Å²) in [6, 6.07) is 7.03.